The summed E-state index contributed by atoms with van der Waals surface area (Å²) in [7, 11) is 0. The molecule has 0 spiro atoms. The molecule has 0 fully saturated rings. The molecule has 1 N–H and O–H groups in total. The Labute approximate surface area is 105 Å². The quantitative estimate of drug-likeness (QED) is 0.850. The molecule has 0 unspecified atom stereocenters. The maximum absolute atomic E-state index is 10.7. The van der Waals surface area contributed by atoms with Gasteiger partial charge in [-0.05, 0) is 24.3 Å². The molecule has 0 saturated heterocycles. The Morgan fingerprint density at radius 3 is 2.56 bits per heavy atom. The zero-order valence-corrected chi connectivity index (χ0v) is 9.95. The van der Waals surface area contributed by atoms with Crippen molar-refractivity contribution in [2.45, 2.75) is 13.0 Å². The summed E-state index contributed by atoms with van der Waals surface area (Å²) in [6.45, 7) is 1.03. The van der Waals surface area contributed by atoms with E-state index < -0.39 is 5.97 Å². The van der Waals surface area contributed by atoms with Gasteiger partial charge in [0.05, 0.1) is 19.2 Å². The standard InChI is InChI=1S/C14H15NO3/c16-14(17)8-9-15(11-13-7-4-10-18-13)12-5-2-1-3-6-12/h1-7,10H,8-9,11H2,(H,16,17). The third-order valence-corrected chi connectivity index (χ3v) is 2.64. The second-order valence-corrected chi connectivity index (χ2v) is 3.98. The fourth-order valence-electron chi connectivity index (χ4n) is 1.76. The molecule has 4 heteroatoms. The van der Waals surface area contributed by atoms with Gasteiger partial charge in [-0.25, -0.2) is 0 Å². The number of carboxylic acids is 1. The van der Waals surface area contributed by atoms with Crippen molar-refractivity contribution in [3.63, 3.8) is 0 Å². The predicted molar refractivity (Wildman–Crippen MR) is 68.5 cm³/mol. The predicted octanol–water partition coefficient (Wildman–Crippen LogP) is 2.76. The van der Waals surface area contributed by atoms with Crippen molar-refractivity contribution in [2.24, 2.45) is 0 Å². The molecule has 0 aliphatic carbocycles. The molecule has 0 saturated carbocycles. The maximum Gasteiger partial charge on any atom is 0.305 e. The third-order valence-electron chi connectivity index (χ3n) is 2.64. The fourth-order valence-corrected chi connectivity index (χ4v) is 1.76. The van der Waals surface area contributed by atoms with E-state index in [1.54, 1.807) is 6.26 Å². The SMILES string of the molecule is O=C(O)CCN(Cc1ccco1)c1ccccc1. The van der Waals surface area contributed by atoms with Gasteiger partial charge < -0.3 is 14.4 Å². The summed E-state index contributed by atoms with van der Waals surface area (Å²) in [4.78, 5) is 12.7. The lowest BCUT2D eigenvalue weighted by molar-refractivity contribution is -0.136. The van der Waals surface area contributed by atoms with Crippen LogP contribution in [0, 0.1) is 0 Å². The number of para-hydroxylation sites is 1. The summed E-state index contributed by atoms with van der Waals surface area (Å²) >= 11 is 0. The summed E-state index contributed by atoms with van der Waals surface area (Å²) in [5.74, 6) is 0.0274. The molecular formula is C14H15NO3. The summed E-state index contributed by atoms with van der Waals surface area (Å²) in [5.41, 5.74) is 0.996. The van der Waals surface area contributed by atoms with Crippen LogP contribution in [0.4, 0.5) is 5.69 Å². The Bertz CT molecular complexity index is 479. The Hall–Kier alpha value is -2.23. The third kappa shape index (κ3) is 3.38. The zero-order chi connectivity index (χ0) is 12.8. The van der Waals surface area contributed by atoms with Crippen molar-refractivity contribution in [1.82, 2.24) is 0 Å². The van der Waals surface area contributed by atoms with Gasteiger partial charge >= 0.3 is 5.97 Å². The fraction of sp³-hybridized carbons (Fsp3) is 0.214. The van der Waals surface area contributed by atoms with Gasteiger partial charge in [0.1, 0.15) is 5.76 Å². The highest BCUT2D eigenvalue weighted by Gasteiger charge is 2.10. The maximum atomic E-state index is 10.7. The first-order valence-corrected chi connectivity index (χ1v) is 5.80. The Morgan fingerprint density at radius 2 is 1.94 bits per heavy atom. The van der Waals surface area contributed by atoms with E-state index in [4.69, 9.17) is 9.52 Å². The first-order valence-electron chi connectivity index (χ1n) is 5.80. The van der Waals surface area contributed by atoms with Crippen molar-refractivity contribution < 1.29 is 14.3 Å². The van der Waals surface area contributed by atoms with Crippen LogP contribution in [0.5, 0.6) is 0 Å². The zero-order valence-electron chi connectivity index (χ0n) is 9.95. The van der Waals surface area contributed by atoms with Crippen LogP contribution in [0.15, 0.2) is 53.1 Å². The van der Waals surface area contributed by atoms with Gasteiger partial charge in [-0.1, -0.05) is 18.2 Å². The minimum atomic E-state index is -0.796. The van der Waals surface area contributed by atoms with Crippen molar-refractivity contribution in [2.75, 3.05) is 11.4 Å². The average molecular weight is 245 g/mol. The highest BCUT2D eigenvalue weighted by atomic mass is 16.4. The normalized spacial score (nSPS) is 10.2. The van der Waals surface area contributed by atoms with Gasteiger partial charge in [0.15, 0.2) is 0 Å². The molecule has 0 amide bonds. The van der Waals surface area contributed by atoms with Crippen LogP contribution in [0.2, 0.25) is 0 Å². The minimum absolute atomic E-state index is 0.107. The topological polar surface area (TPSA) is 53.7 Å². The van der Waals surface area contributed by atoms with Crippen LogP contribution in [0.25, 0.3) is 0 Å². The van der Waals surface area contributed by atoms with E-state index in [9.17, 15) is 4.79 Å². The van der Waals surface area contributed by atoms with Gasteiger partial charge in [0.25, 0.3) is 0 Å². The number of anilines is 1. The summed E-state index contributed by atoms with van der Waals surface area (Å²) in [5, 5.41) is 8.79. The van der Waals surface area contributed by atoms with Crippen LogP contribution >= 0.6 is 0 Å². The van der Waals surface area contributed by atoms with Crippen LogP contribution in [0.1, 0.15) is 12.2 Å². The van der Waals surface area contributed by atoms with Crippen molar-refractivity contribution in [1.29, 1.82) is 0 Å². The van der Waals surface area contributed by atoms with Crippen molar-refractivity contribution in [3.05, 3.63) is 54.5 Å². The Morgan fingerprint density at radius 1 is 1.17 bits per heavy atom. The van der Waals surface area contributed by atoms with E-state index in [2.05, 4.69) is 0 Å². The summed E-state index contributed by atoms with van der Waals surface area (Å²) < 4.78 is 5.30. The number of hydrogen-bond donors (Lipinski definition) is 1. The monoisotopic (exact) mass is 245 g/mol. The number of rotatable bonds is 6. The summed E-state index contributed by atoms with van der Waals surface area (Å²) in [6.07, 6.45) is 1.73. The molecule has 1 aromatic heterocycles. The molecule has 4 nitrogen and oxygen atoms in total. The summed E-state index contributed by atoms with van der Waals surface area (Å²) in [6, 6.07) is 13.4. The molecule has 2 rings (SSSR count). The lowest BCUT2D eigenvalue weighted by Crippen LogP contribution is -2.25. The molecule has 0 radical (unpaired) electrons. The lowest BCUT2D eigenvalue weighted by atomic mass is 10.2. The number of nitrogens with zero attached hydrogens (tertiary/aromatic N) is 1. The van der Waals surface area contributed by atoms with Crippen LogP contribution < -0.4 is 4.90 Å². The highest BCUT2D eigenvalue weighted by molar-refractivity contribution is 5.67. The van der Waals surface area contributed by atoms with Gasteiger partial charge in [-0.2, -0.15) is 0 Å². The van der Waals surface area contributed by atoms with Crippen molar-refractivity contribution in [3.8, 4) is 0 Å². The van der Waals surface area contributed by atoms with Crippen molar-refractivity contribution >= 4 is 11.7 Å². The molecule has 0 aliphatic heterocycles. The minimum Gasteiger partial charge on any atom is -0.481 e. The smallest absolute Gasteiger partial charge is 0.305 e. The number of furan rings is 1. The number of benzene rings is 1. The number of hydrogen-bond acceptors (Lipinski definition) is 3. The second kappa shape index (κ2) is 5.91. The molecule has 0 bridgehead atoms. The molecule has 1 aromatic carbocycles. The van der Waals surface area contributed by atoms with Gasteiger partial charge in [0, 0.05) is 12.2 Å². The van der Waals surface area contributed by atoms with Crippen LogP contribution in [-0.4, -0.2) is 17.6 Å². The second-order valence-electron chi connectivity index (χ2n) is 3.98. The van der Waals surface area contributed by atoms with E-state index in [0.717, 1.165) is 11.4 Å². The average Bonchev–Trinajstić information content (AvgIpc) is 2.88. The van der Waals surface area contributed by atoms with E-state index in [1.165, 1.54) is 0 Å². The Kier molecular flexibility index (Phi) is 4.02. The molecule has 2 aromatic rings. The number of aliphatic carboxylic acids is 1. The lowest BCUT2D eigenvalue weighted by Gasteiger charge is -2.23. The molecule has 0 aliphatic rings. The molecule has 0 atom stereocenters. The van der Waals surface area contributed by atoms with E-state index >= 15 is 0 Å². The first kappa shape index (κ1) is 12.2. The Balaban J connectivity index is 2.10. The van der Waals surface area contributed by atoms with E-state index in [-0.39, 0.29) is 6.42 Å². The number of carbonyl (C=O) groups is 1. The largest absolute Gasteiger partial charge is 0.481 e. The van der Waals surface area contributed by atoms with Gasteiger partial charge in [-0.3, -0.25) is 4.79 Å². The first-order chi connectivity index (χ1) is 8.75. The van der Waals surface area contributed by atoms with Gasteiger partial charge in [-0.15, -0.1) is 0 Å². The molecular weight excluding hydrogens is 230 g/mol. The van der Waals surface area contributed by atoms with Crippen LogP contribution in [-0.2, 0) is 11.3 Å². The molecule has 18 heavy (non-hydrogen) atoms. The van der Waals surface area contributed by atoms with E-state index in [1.807, 2.05) is 47.4 Å². The molecule has 94 valence electrons. The highest BCUT2D eigenvalue weighted by Crippen LogP contribution is 2.17. The van der Waals surface area contributed by atoms with E-state index in [0.29, 0.717) is 13.1 Å². The molecule has 1 heterocycles. The van der Waals surface area contributed by atoms with Crippen LogP contribution in [0.3, 0.4) is 0 Å². The number of carboxylic acid groups (broad SMARTS) is 1. The van der Waals surface area contributed by atoms with Gasteiger partial charge in [0.2, 0.25) is 0 Å².